The van der Waals surface area contributed by atoms with E-state index in [0.717, 1.165) is 61.9 Å². The first kappa shape index (κ1) is 22.3. The first-order chi connectivity index (χ1) is 15.5. The quantitative estimate of drug-likeness (QED) is 0.767. The normalized spacial score (nSPS) is 21.8. The second kappa shape index (κ2) is 10.1. The van der Waals surface area contributed by atoms with Crippen molar-refractivity contribution < 1.29 is 14.3 Å². The maximum absolute atomic E-state index is 13.1. The van der Waals surface area contributed by atoms with Gasteiger partial charge in [0.25, 0.3) is 0 Å². The molecule has 2 atom stereocenters. The van der Waals surface area contributed by atoms with Crippen LogP contribution in [0.5, 0.6) is 11.5 Å². The predicted molar refractivity (Wildman–Crippen MR) is 128 cm³/mol. The van der Waals surface area contributed by atoms with Gasteiger partial charge in [-0.1, -0.05) is 18.2 Å². The molecular weight excluding hydrogens is 404 g/mol. The number of piperidine rings is 1. The molecular formula is C25H34N4O3. The Morgan fingerprint density at radius 3 is 2.47 bits per heavy atom. The summed E-state index contributed by atoms with van der Waals surface area (Å²) in [7, 11) is 3.83. The fraction of sp³-hybridized carbons (Fsp3) is 0.480. The third kappa shape index (κ3) is 5.27. The molecule has 2 aromatic rings. The monoisotopic (exact) mass is 438 g/mol. The molecule has 0 aromatic heterocycles. The third-order valence-corrected chi connectivity index (χ3v) is 6.41. The Labute approximate surface area is 190 Å². The number of piperazine rings is 1. The van der Waals surface area contributed by atoms with E-state index >= 15 is 0 Å². The van der Waals surface area contributed by atoms with Crippen molar-refractivity contribution in [3.63, 3.8) is 0 Å². The van der Waals surface area contributed by atoms with Crippen LogP contribution in [-0.4, -0.2) is 74.9 Å². The minimum atomic E-state index is -0.0647. The molecule has 0 aliphatic carbocycles. The lowest BCUT2D eigenvalue weighted by atomic mass is 10.0. The topological polar surface area (TPSA) is 57.3 Å². The van der Waals surface area contributed by atoms with Gasteiger partial charge in [-0.05, 0) is 44.3 Å². The van der Waals surface area contributed by atoms with E-state index in [2.05, 4.69) is 29.1 Å². The van der Waals surface area contributed by atoms with E-state index < -0.39 is 0 Å². The van der Waals surface area contributed by atoms with Crippen LogP contribution in [0.25, 0.3) is 0 Å². The number of benzene rings is 2. The van der Waals surface area contributed by atoms with Crippen molar-refractivity contribution in [2.75, 3.05) is 57.1 Å². The number of ether oxygens (including phenoxy) is 2. The Kier molecular flexibility index (Phi) is 7.05. The standard InChI is InChI=1S/C25H34N4O3/c1-19-17-22(32-21-7-5-4-6-8-21)11-12-29(19)25(30)26-20-9-10-24(31-3)23(18-20)28-15-13-27(2)14-16-28/h4-10,18-19,22H,11-17H2,1-3H3,(H,26,30). The summed E-state index contributed by atoms with van der Waals surface area (Å²) in [5.41, 5.74) is 1.82. The molecule has 2 aliphatic rings. The number of amides is 2. The molecule has 172 valence electrons. The van der Waals surface area contributed by atoms with Crippen molar-refractivity contribution in [2.24, 2.45) is 0 Å². The molecule has 0 saturated carbocycles. The molecule has 2 aliphatic heterocycles. The van der Waals surface area contributed by atoms with Gasteiger partial charge in [0.1, 0.15) is 17.6 Å². The first-order valence-corrected chi connectivity index (χ1v) is 11.4. The van der Waals surface area contributed by atoms with Crippen LogP contribution in [0.3, 0.4) is 0 Å². The van der Waals surface area contributed by atoms with Gasteiger partial charge >= 0.3 is 6.03 Å². The van der Waals surface area contributed by atoms with Crippen molar-refractivity contribution in [1.82, 2.24) is 9.80 Å². The van der Waals surface area contributed by atoms with Crippen LogP contribution >= 0.6 is 0 Å². The minimum absolute atomic E-state index is 0.0647. The van der Waals surface area contributed by atoms with Crippen molar-refractivity contribution in [3.8, 4) is 11.5 Å². The van der Waals surface area contributed by atoms with Gasteiger partial charge in [0.05, 0.1) is 12.8 Å². The van der Waals surface area contributed by atoms with Crippen LogP contribution in [0, 0.1) is 0 Å². The lowest BCUT2D eigenvalue weighted by Gasteiger charge is -2.37. The zero-order valence-electron chi connectivity index (χ0n) is 19.3. The number of hydrogen-bond acceptors (Lipinski definition) is 5. The molecule has 2 heterocycles. The van der Waals surface area contributed by atoms with Crippen LogP contribution in [0.15, 0.2) is 48.5 Å². The Morgan fingerprint density at radius 1 is 1.03 bits per heavy atom. The number of para-hydroxylation sites is 1. The van der Waals surface area contributed by atoms with Gasteiger partial charge < -0.3 is 29.5 Å². The number of urea groups is 1. The Morgan fingerprint density at radius 2 is 1.78 bits per heavy atom. The molecule has 2 saturated heterocycles. The summed E-state index contributed by atoms with van der Waals surface area (Å²) >= 11 is 0. The maximum Gasteiger partial charge on any atom is 0.322 e. The zero-order chi connectivity index (χ0) is 22.5. The first-order valence-electron chi connectivity index (χ1n) is 11.4. The molecule has 0 radical (unpaired) electrons. The maximum atomic E-state index is 13.1. The number of anilines is 2. The molecule has 2 fully saturated rings. The van der Waals surface area contributed by atoms with E-state index in [4.69, 9.17) is 9.47 Å². The number of hydrogen-bond donors (Lipinski definition) is 1. The van der Waals surface area contributed by atoms with E-state index in [0.29, 0.717) is 6.54 Å². The van der Waals surface area contributed by atoms with Crippen LogP contribution in [-0.2, 0) is 0 Å². The number of carbonyl (C=O) groups excluding carboxylic acids is 1. The average molecular weight is 439 g/mol. The molecule has 7 nitrogen and oxygen atoms in total. The summed E-state index contributed by atoms with van der Waals surface area (Å²) in [6.07, 6.45) is 1.76. The van der Waals surface area contributed by atoms with E-state index in [1.165, 1.54) is 0 Å². The molecule has 0 spiro atoms. The highest BCUT2D eigenvalue weighted by atomic mass is 16.5. The molecule has 2 aromatic carbocycles. The van der Waals surface area contributed by atoms with Gasteiger partial charge in [0.2, 0.25) is 0 Å². The van der Waals surface area contributed by atoms with Crippen molar-refractivity contribution in [3.05, 3.63) is 48.5 Å². The summed E-state index contributed by atoms with van der Waals surface area (Å²) in [4.78, 5) is 19.6. The third-order valence-electron chi connectivity index (χ3n) is 6.41. The number of rotatable bonds is 5. The molecule has 32 heavy (non-hydrogen) atoms. The number of likely N-dealkylation sites (tertiary alicyclic amines) is 1. The number of nitrogens with one attached hydrogen (secondary N) is 1. The van der Waals surface area contributed by atoms with Crippen molar-refractivity contribution in [2.45, 2.75) is 31.9 Å². The van der Waals surface area contributed by atoms with E-state index in [1.54, 1.807) is 7.11 Å². The molecule has 2 amide bonds. The smallest absolute Gasteiger partial charge is 0.322 e. The second-order valence-corrected chi connectivity index (χ2v) is 8.73. The minimum Gasteiger partial charge on any atom is -0.495 e. The van der Waals surface area contributed by atoms with Crippen molar-refractivity contribution in [1.29, 1.82) is 0 Å². The van der Waals surface area contributed by atoms with Gasteiger partial charge in [0.15, 0.2) is 0 Å². The van der Waals surface area contributed by atoms with E-state index in [1.807, 2.05) is 53.4 Å². The second-order valence-electron chi connectivity index (χ2n) is 8.73. The summed E-state index contributed by atoms with van der Waals surface area (Å²) < 4.78 is 11.7. The summed E-state index contributed by atoms with van der Waals surface area (Å²) in [6, 6.07) is 15.8. The summed E-state index contributed by atoms with van der Waals surface area (Å²) in [6.45, 7) is 6.66. The lowest BCUT2D eigenvalue weighted by Crippen LogP contribution is -2.49. The number of nitrogens with zero attached hydrogens (tertiary/aromatic N) is 3. The van der Waals surface area contributed by atoms with Crippen LogP contribution in [0.2, 0.25) is 0 Å². The fourth-order valence-corrected chi connectivity index (χ4v) is 4.49. The SMILES string of the molecule is COc1ccc(NC(=O)N2CCC(Oc3ccccc3)CC2C)cc1N1CCN(C)CC1. The Balaban J connectivity index is 1.38. The van der Waals surface area contributed by atoms with Gasteiger partial charge in [-0.2, -0.15) is 0 Å². The van der Waals surface area contributed by atoms with E-state index in [9.17, 15) is 4.79 Å². The highest BCUT2D eigenvalue weighted by Crippen LogP contribution is 2.32. The predicted octanol–water partition coefficient (Wildman–Crippen LogP) is 3.91. The molecule has 1 N–H and O–H groups in total. The van der Waals surface area contributed by atoms with Gasteiger partial charge in [-0.15, -0.1) is 0 Å². The molecule has 2 unspecified atom stereocenters. The van der Waals surface area contributed by atoms with Crippen LogP contribution in [0.4, 0.5) is 16.2 Å². The Bertz CT molecular complexity index is 899. The highest BCUT2D eigenvalue weighted by Gasteiger charge is 2.30. The van der Waals surface area contributed by atoms with E-state index in [-0.39, 0.29) is 18.2 Å². The molecule has 4 rings (SSSR count). The van der Waals surface area contributed by atoms with Crippen LogP contribution in [0.1, 0.15) is 19.8 Å². The van der Waals surface area contributed by atoms with Gasteiger partial charge in [-0.25, -0.2) is 4.79 Å². The Hall–Kier alpha value is -2.93. The summed E-state index contributed by atoms with van der Waals surface area (Å²) in [5, 5.41) is 3.10. The van der Waals surface area contributed by atoms with Gasteiger partial charge in [-0.3, -0.25) is 0 Å². The molecule has 7 heteroatoms. The fourth-order valence-electron chi connectivity index (χ4n) is 4.49. The number of carbonyl (C=O) groups is 1. The largest absolute Gasteiger partial charge is 0.495 e. The number of likely N-dealkylation sites (N-methyl/N-ethyl adjacent to an activating group) is 1. The van der Waals surface area contributed by atoms with Crippen LogP contribution < -0.4 is 19.7 Å². The number of methoxy groups -OCH3 is 1. The highest BCUT2D eigenvalue weighted by molar-refractivity contribution is 5.90. The summed E-state index contributed by atoms with van der Waals surface area (Å²) in [5.74, 6) is 1.72. The lowest BCUT2D eigenvalue weighted by molar-refractivity contribution is 0.0846. The molecule has 0 bridgehead atoms. The average Bonchev–Trinajstić information content (AvgIpc) is 2.80. The van der Waals surface area contributed by atoms with Crippen molar-refractivity contribution >= 4 is 17.4 Å². The zero-order valence-corrected chi connectivity index (χ0v) is 19.3. The van der Waals surface area contributed by atoms with Gasteiger partial charge in [0, 0.05) is 57.3 Å².